The van der Waals surface area contributed by atoms with Gasteiger partial charge in [0.05, 0.1) is 5.69 Å². The van der Waals surface area contributed by atoms with Gasteiger partial charge >= 0.3 is 5.97 Å². The van der Waals surface area contributed by atoms with Crippen molar-refractivity contribution in [3.8, 4) is 10.6 Å². The van der Waals surface area contributed by atoms with Gasteiger partial charge in [-0.25, -0.2) is 9.78 Å². The summed E-state index contributed by atoms with van der Waals surface area (Å²) >= 11 is 2.98. The summed E-state index contributed by atoms with van der Waals surface area (Å²) in [5, 5.41) is 9.85. The molecule has 0 unspecified atom stereocenters. The molecule has 1 N–H and O–H groups in total. The maximum atomic E-state index is 11.0. The number of aromatic nitrogens is 1. The Labute approximate surface area is 114 Å². The Morgan fingerprint density at radius 3 is 2.78 bits per heavy atom. The van der Waals surface area contributed by atoms with E-state index in [0.29, 0.717) is 10.6 Å². The number of thiazole rings is 1. The number of aromatic carboxylic acids is 1. The van der Waals surface area contributed by atoms with E-state index in [1.807, 2.05) is 24.5 Å². The number of nitrogens with zero attached hydrogens (tertiary/aromatic N) is 1. The van der Waals surface area contributed by atoms with Gasteiger partial charge in [-0.15, -0.1) is 11.3 Å². The second-order valence-electron chi connectivity index (χ2n) is 3.83. The molecular formula is C13H13NO2S2. The maximum absolute atomic E-state index is 11.0. The molecule has 0 spiro atoms. The van der Waals surface area contributed by atoms with Gasteiger partial charge in [-0.3, -0.25) is 0 Å². The van der Waals surface area contributed by atoms with Crippen molar-refractivity contribution in [1.82, 2.24) is 4.98 Å². The zero-order chi connectivity index (χ0) is 13.1. The van der Waals surface area contributed by atoms with E-state index in [2.05, 4.69) is 11.1 Å². The molecule has 2 aromatic rings. The lowest BCUT2D eigenvalue weighted by molar-refractivity contribution is 0.0701. The Balaban J connectivity index is 2.48. The fraction of sp³-hybridized carbons (Fsp3) is 0.231. The average Bonchev–Trinajstić information content (AvgIpc) is 2.72. The third-order valence-corrected chi connectivity index (χ3v) is 4.32. The van der Waals surface area contributed by atoms with E-state index >= 15 is 0 Å². The minimum absolute atomic E-state index is 0.323. The first-order valence-corrected chi connectivity index (χ1v) is 7.62. The summed E-state index contributed by atoms with van der Waals surface area (Å²) in [6.45, 7) is 1.74. The minimum Gasteiger partial charge on any atom is -0.477 e. The summed E-state index contributed by atoms with van der Waals surface area (Å²) in [6.07, 6.45) is 2.05. The highest BCUT2D eigenvalue weighted by molar-refractivity contribution is 7.97. The second-order valence-corrected chi connectivity index (χ2v) is 5.69. The molecular weight excluding hydrogens is 266 g/mol. The molecule has 18 heavy (non-hydrogen) atoms. The Morgan fingerprint density at radius 2 is 2.17 bits per heavy atom. The summed E-state index contributed by atoms with van der Waals surface area (Å²) in [6, 6.07) is 8.00. The van der Waals surface area contributed by atoms with Crippen molar-refractivity contribution in [3.63, 3.8) is 0 Å². The van der Waals surface area contributed by atoms with Crippen molar-refractivity contribution in [2.45, 2.75) is 12.7 Å². The topological polar surface area (TPSA) is 50.2 Å². The third kappa shape index (κ3) is 2.57. The van der Waals surface area contributed by atoms with Crippen LogP contribution in [0.25, 0.3) is 10.6 Å². The van der Waals surface area contributed by atoms with Gasteiger partial charge in [0.2, 0.25) is 0 Å². The predicted octanol–water partition coefficient (Wildman–Crippen LogP) is 3.68. The van der Waals surface area contributed by atoms with Crippen LogP contribution in [-0.4, -0.2) is 22.3 Å². The molecule has 2 rings (SSSR count). The standard InChI is InChI=1S/C13H13NO2S2/c1-8-11(13(15)16)18-12(14-8)10-6-4-3-5-9(10)7-17-2/h3-6H,7H2,1-2H3,(H,15,16). The van der Waals surface area contributed by atoms with Crippen LogP contribution in [-0.2, 0) is 5.75 Å². The first kappa shape index (κ1) is 13.1. The summed E-state index contributed by atoms with van der Waals surface area (Å²) in [4.78, 5) is 15.7. The molecule has 0 saturated heterocycles. The number of benzene rings is 1. The molecule has 1 aromatic heterocycles. The molecule has 0 aliphatic rings. The number of rotatable bonds is 4. The lowest BCUT2D eigenvalue weighted by Crippen LogP contribution is -1.94. The van der Waals surface area contributed by atoms with Gasteiger partial charge in [-0.1, -0.05) is 24.3 Å². The molecule has 0 amide bonds. The number of thioether (sulfide) groups is 1. The van der Waals surface area contributed by atoms with E-state index in [9.17, 15) is 4.79 Å². The predicted molar refractivity (Wildman–Crippen MR) is 76.5 cm³/mol. The largest absolute Gasteiger partial charge is 0.477 e. The zero-order valence-electron chi connectivity index (χ0n) is 10.1. The molecule has 0 fully saturated rings. The van der Waals surface area contributed by atoms with Crippen molar-refractivity contribution >= 4 is 29.1 Å². The van der Waals surface area contributed by atoms with Gasteiger partial charge in [0.15, 0.2) is 0 Å². The number of carboxylic acid groups (broad SMARTS) is 1. The van der Waals surface area contributed by atoms with Gasteiger partial charge in [-0.2, -0.15) is 11.8 Å². The first-order valence-electron chi connectivity index (χ1n) is 5.41. The van der Waals surface area contributed by atoms with Crippen LogP contribution < -0.4 is 0 Å². The van der Waals surface area contributed by atoms with E-state index in [1.54, 1.807) is 18.7 Å². The van der Waals surface area contributed by atoms with Crippen LogP contribution in [0.5, 0.6) is 0 Å². The Hall–Kier alpha value is -1.33. The van der Waals surface area contributed by atoms with Crippen molar-refractivity contribution in [2.24, 2.45) is 0 Å². The van der Waals surface area contributed by atoms with Gasteiger partial charge in [0.1, 0.15) is 9.88 Å². The maximum Gasteiger partial charge on any atom is 0.347 e. The second kappa shape index (κ2) is 5.54. The van der Waals surface area contributed by atoms with Gasteiger partial charge in [-0.05, 0) is 18.7 Å². The number of hydrogen-bond donors (Lipinski definition) is 1. The van der Waals surface area contributed by atoms with Crippen molar-refractivity contribution in [1.29, 1.82) is 0 Å². The molecule has 1 aromatic carbocycles. The lowest BCUT2D eigenvalue weighted by Gasteiger charge is -2.04. The SMILES string of the molecule is CSCc1ccccc1-c1nc(C)c(C(=O)O)s1. The van der Waals surface area contributed by atoms with Crippen LogP contribution in [0.4, 0.5) is 0 Å². The molecule has 0 aliphatic carbocycles. The number of aryl methyl sites for hydroxylation is 1. The highest BCUT2D eigenvalue weighted by Crippen LogP contribution is 2.31. The molecule has 1 heterocycles. The van der Waals surface area contributed by atoms with E-state index in [1.165, 1.54) is 16.9 Å². The van der Waals surface area contributed by atoms with Crippen molar-refractivity contribution in [2.75, 3.05) is 6.26 Å². The monoisotopic (exact) mass is 279 g/mol. The van der Waals surface area contributed by atoms with Crippen LogP contribution >= 0.6 is 23.1 Å². The molecule has 0 saturated carbocycles. The zero-order valence-corrected chi connectivity index (χ0v) is 11.8. The van der Waals surface area contributed by atoms with E-state index in [-0.39, 0.29) is 0 Å². The Kier molecular flexibility index (Phi) is 4.04. The smallest absolute Gasteiger partial charge is 0.347 e. The molecule has 0 aliphatic heterocycles. The van der Waals surface area contributed by atoms with Crippen LogP contribution in [0.3, 0.4) is 0 Å². The third-order valence-electron chi connectivity index (χ3n) is 2.54. The lowest BCUT2D eigenvalue weighted by atomic mass is 10.1. The highest BCUT2D eigenvalue weighted by Gasteiger charge is 2.16. The summed E-state index contributed by atoms with van der Waals surface area (Å²) in [5.74, 6) is -0.00407. The quantitative estimate of drug-likeness (QED) is 0.927. The van der Waals surface area contributed by atoms with Crippen molar-refractivity contribution in [3.05, 3.63) is 40.4 Å². The summed E-state index contributed by atoms with van der Waals surface area (Å²) < 4.78 is 0. The molecule has 0 atom stereocenters. The molecule has 0 radical (unpaired) electrons. The van der Waals surface area contributed by atoms with E-state index in [0.717, 1.165) is 16.3 Å². The number of hydrogen-bond acceptors (Lipinski definition) is 4. The minimum atomic E-state index is -0.904. The van der Waals surface area contributed by atoms with Crippen molar-refractivity contribution < 1.29 is 9.90 Å². The van der Waals surface area contributed by atoms with E-state index < -0.39 is 5.97 Å². The van der Waals surface area contributed by atoms with Crippen LogP contribution in [0.2, 0.25) is 0 Å². The molecule has 0 bridgehead atoms. The average molecular weight is 279 g/mol. The molecule has 94 valence electrons. The van der Waals surface area contributed by atoms with Crippen LogP contribution in [0.15, 0.2) is 24.3 Å². The normalized spacial score (nSPS) is 10.6. The Morgan fingerprint density at radius 1 is 1.44 bits per heavy atom. The fourth-order valence-electron chi connectivity index (χ4n) is 1.72. The van der Waals surface area contributed by atoms with E-state index in [4.69, 9.17) is 5.11 Å². The van der Waals surface area contributed by atoms with Gasteiger partial charge in [0.25, 0.3) is 0 Å². The number of carboxylic acids is 1. The first-order chi connectivity index (χ1) is 8.63. The van der Waals surface area contributed by atoms with Crippen LogP contribution in [0.1, 0.15) is 20.9 Å². The van der Waals surface area contributed by atoms with Gasteiger partial charge in [0, 0.05) is 11.3 Å². The highest BCUT2D eigenvalue weighted by atomic mass is 32.2. The van der Waals surface area contributed by atoms with Crippen LogP contribution in [0, 0.1) is 6.92 Å². The van der Waals surface area contributed by atoms with Gasteiger partial charge < -0.3 is 5.11 Å². The summed E-state index contributed by atoms with van der Waals surface area (Å²) in [7, 11) is 0. The fourth-order valence-corrected chi connectivity index (χ4v) is 3.25. The molecule has 3 nitrogen and oxygen atoms in total. The summed E-state index contributed by atoms with van der Waals surface area (Å²) in [5.41, 5.74) is 2.81. The number of carbonyl (C=O) groups is 1. The molecule has 5 heteroatoms. The Bertz CT molecular complexity index is 578.